The Morgan fingerprint density at radius 3 is 2.80 bits per heavy atom. The average Bonchev–Trinajstić information content (AvgIpc) is 2.22. The molecule has 1 aromatic rings. The lowest BCUT2D eigenvalue weighted by molar-refractivity contribution is 0.191. The SMILES string of the molecule is COCCC(C)Nc1cccc(Cl)c1Cl. The maximum absolute atomic E-state index is 6.05. The molecule has 0 fully saturated rings. The Morgan fingerprint density at radius 1 is 1.40 bits per heavy atom. The minimum Gasteiger partial charge on any atom is -0.385 e. The molecule has 1 unspecified atom stereocenters. The molecule has 0 radical (unpaired) electrons. The van der Waals surface area contributed by atoms with Gasteiger partial charge in [0.25, 0.3) is 0 Å². The van der Waals surface area contributed by atoms with Gasteiger partial charge in [0, 0.05) is 19.8 Å². The highest BCUT2D eigenvalue weighted by Gasteiger charge is 2.07. The van der Waals surface area contributed by atoms with Crippen LogP contribution in [0.4, 0.5) is 5.69 Å². The number of ether oxygens (including phenoxy) is 1. The summed E-state index contributed by atoms with van der Waals surface area (Å²) in [6.07, 6.45) is 0.930. The molecule has 84 valence electrons. The molecule has 0 bridgehead atoms. The zero-order chi connectivity index (χ0) is 11.3. The summed E-state index contributed by atoms with van der Waals surface area (Å²) in [6, 6.07) is 5.87. The van der Waals surface area contributed by atoms with E-state index in [-0.39, 0.29) is 0 Å². The van der Waals surface area contributed by atoms with Crippen LogP contribution >= 0.6 is 23.2 Å². The van der Waals surface area contributed by atoms with Gasteiger partial charge in [0.05, 0.1) is 15.7 Å². The van der Waals surface area contributed by atoms with Crippen molar-refractivity contribution in [3.8, 4) is 0 Å². The summed E-state index contributed by atoms with van der Waals surface area (Å²) in [5, 5.41) is 4.43. The molecule has 1 N–H and O–H groups in total. The molecule has 0 saturated carbocycles. The van der Waals surface area contributed by atoms with E-state index in [4.69, 9.17) is 27.9 Å². The van der Waals surface area contributed by atoms with Crippen LogP contribution in [-0.2, 0) is 4.74 Å². The van der Waals surface area contributed by atoms with Gasteiger partial charge >= 0.3 is 0 Å². The lowest BCUT2D eigenvalue weighted by Gasteiger charge is -2.16. The fraction of sp³-hybridized carbons (Fsp3) is 0.455. The van der Waals surface area contributed by atoms with Crippen molar-refractivity contribution in [2.75, 3.05) is 19.0 Å². The van der Waals surface area contributed by atoms with Crippen LogP contribution in [0.25, 0.3) is 0 Å². The largest absolute Gasteiger partial charge is 0.385 e. The highest BCUT2D eigenvalue weighted by molar-refractivity contribution is 6.43. The molecule has 0 spiro atoms. The normalized spacial score (nSPS) is 12.5. The zero-order valence-corrected chi connectivity index (χ0v) is 10.4. The minimum atomic E-state index is 0.306. The molecule has 1 atom stereocenters. The van der Waals surface area contributed by atoms with Crippen molar-refractivity contribution in [1.29, 1.82) is 0 Å². The Balaban J connectivity index is 2.60. The molecule has 1 aromatic carbocycles. The van der Waals surface area contributed by atoms with Gasteiger partial charge < -0.3 is 10.1 Å². The van der Waals surface area contributed by atoms with Crippen LogP contribution in [0.5, 0.6) is 0 Å². The van der Waals surface area contributed by atoms with Gasteiger partial charge in [-0.2, -0.15) is 0 Å². The number of halogens is 2. The Morgan fingerprint density at radius 2 is 2.13 bits per heavy atom. The molecule has 4 heteroatoms. The van der Waals surface area contributed by atoms with Gasteiger partial charge in [0.2, 0.25) is 0 Å². The Labute approximate surface area is 101 Å². The Hall–Kier alpha value is -0.440. The second-order valence-electron chi connectivity index (χ2n) is 3.43. The molecule has 1 rings (SSSR count). The van der Waals surface area contributed by atoms with E-state index in [1.54, 1.807) is 13.2 Å². The van der Waals surface area contributed by atoms with Gasteiger partial charge in [-0.05, 0) is 25.5 Å². The first-order chi connectivity index (χ1) is 7.15. The second kappa shape index (κ2) is 6.21. The molecular weight excluding hydrogens is 233 g/mol. The molecule has 0 amide bonds. The first kappa shape index (κ1) is 12.6. The molecule has 0 aliphatic rings. The third-order valence-electron chi connectivity index (χ3n) is 2.11. The highest BCUT2D eigenvalue weighted by atomic mass is 35.5. The van der Waals surface area contributed by atoms with Crippen LogP contribution in [0.2, 0.25) is 10.0 Å². The monoisotopic (exact) mass is 247 g/mol. The molecular formula is C11H15Cl2NO. The van der Waals surface area contributed by atoms with E-state index in [1.807, 2.05) is 12.1 Å². The summed E-state index contributed by atoms with van der Waals surface area (Å²) in [5.41, 5.74) is 0.868. The smallest absolute Gasteiger partial charge is 0.0823 e. The number of hydrogen-bond donors (Lipinski definition) is 1. The maximum Gasteiger partial charge on any atom is 0.0823 e. The summed E-state index contributed by atoms with van der Waals surface area (Å²) < 4.78 is 5.01. The number of anilines is 1. The highest BCUT2D eigenvalue weighted by Crippen LogP contribution is 2.30. The van der Waals surface area contributed by atoms with Crippen LogP contribution < -0.4 is 5.32 Å². The Bertz CT molecular complexity index is 317. The molecule has 0 aromatic heterocycles. The number of benzene rings is 1. The first-order valence-electron chi connectivity index (χ1n) is 4.84. The van der Waals surface area contributed by atoms with E-state index < -0.39 is 0 Å². The summed E-state index contributed by atoms with van der Waals surface area (Å²) in [6.45, 7) is 2.81. The number of methoxy groups -OCH3 is 1. The fourth-order valence-corrected chi connectivity index (χ4v) is 1.60. The topological polar surface area (TPSA) is 21.3 Å². The number of hydrogen-bond acceptors (Lipinski definition) is 2. The zero-order valence-electron chi connectivity index (χ0n) is 8.89. The Kier molecular flexibility index (Phi) is 5.23. The predicted octanol–water partition coefficient (Wildman–Crippen LogP) is 3.83. The average molecular weight is 248 g/mol. The summed E-state index contributed by atoms with van der Waals surface area (Å²) in [7, 11) is 1.69. The van der Waals surface area contributed by atoms with E-state index in [9.17, 15) is 0 Å². The lowest BCUT2D eigenvalue weighted by atomic mass is 10.2. The van der Waals surface area contributed by atoms with Crippen molar-refractivity contribution in [3.63, 3.8) is 0 Å². The standard InChI is InChI=1S/C11H15Cl2NO/c1-8(6-7-15-2)14-10-5-3-4-9(12)11(10)13/h3-5,8,14H,6-7H2,1-2H3. The van der Waals surface area contributed by atoms with Crippen molar-refractivity contribution in [2.24, 2.45) is 0 Å². The predicted molar refractivity (Wildman–Crippen MR) is 66.0 cm³/mol. The first-order valence-corrected chi connectivity index (χ1v) is 5.60. The van der Waals surface area contributed by atoms with Crippen molar-refractivity contribution in [2.45, 2.75) is 19.4 Å². The third kappa shape index (κ3) is 3.90. The molecule has 0 aliphatic carbocycles. The minimum absolute atomic E-state index is 0.306. The fourth-order valence-electron chi connectivity index (χ4n) is 1.25. The van der Waals surface area contributed by atoms with E-state index in [0.29, 0.717) is 16.1 Å². The second-order valence-corrected chi connectivity index (χ2v) is 4.21. The van der Waals surface area contributed by atoms with E-state index in [1.165, 1.54) is 0 Å². The molecule has 0 saturated heterocycles. The van der Waals surface area contributed by atoms with Gasteiger partial charge in [0.15, 0.2) is 0 Å². The van der Waals surface area contributed by atoms with Crippen molar-refractivity contribution in [1.82, 2.24) is 0 Å². The van der Waals surface area contributed by atoms with Crippen LogP contribution in [0.1, 0.15) is 13.3 Å². The number of nitrogens with one attached hydrogen (secondary N) is 1. The molecule has 0 heterocycles. The lowest BCUT2D eigenvalue weighted by Crippen LogP contribution is -2.17. The summed E-state index contributed by atoms with van der Waals surface area (Å²) in [4.78, 5) is 0. The number of rotatable bonds is 5. The summed E-state index contributed by atoms with van der Waals surface area (Å²) in [5.74, 6) is 0. The molecule has 15 heavy (non-hydrogen) atoms. The van der Waals surface area contributed by atoms with E-state index in [0.717, 1.165) is 18.7 Å². The molecule has 2 nitrogen and oxygen atoms in total. The van der Waals surface area contributed by atoms with Crippen LogP contribution in [-0.4, -0.2) is 19.8 Å². The third-order valence-corrected chi connectivity index (χ3v) is 2.93. The van der Waals surface area contributed by atoms with Crippen LogP contribution in [0.3, 0.4) is 0 Å². The van der Waals surface area contributed by atoms with Gasteiger partial charge in [-0.3, -0.25) is 0 Å². The van der Waals surface area contributed by atoms with Gasteiger partial charge in [-0.15, -0.1) is 0 Å². The van der Waals surface area contributed by atoms with Crippen molar-refractivity contribution < 1.29 is 4.74 Å². The van der Waals surface area contributed by atoms with Crippen molar-refractivity contribution in [3.05, 3.63) is 28.2 Å². The molecule has 0 aliphatic heterocycles. The van der Waals surface area contributed by atoms with Crippen LogP contribution in [0, 0.1) is 0 Å². The van der Waals surface area contributed by atoms with Crippen molar-refractivity contribution >= 4 is 28.9 Å². The van der Waals surface area contributed by atoms with Gasteiger partial charge in [-0.25, -0.2) is 0 Å². The van der Waals surface area contributed by atoms with E-state index >= 15 is 0 Å². The maximum atomic E-state index is 6.05. The summed E-state index contributed by atoms with van der Waals surface area (Å²) >= 11 is 12.0. The van der Waals surface area contributed by atoms with E-state index in [2.05, 4.69) is 12.2 Å². The van der Waals surface area contributed by atoms with Crippen LogP contribution in [0.15, 0.2) is 18.2 Å². The quantitative estimate of drug-likeness (QED) is 0.854. The van der Waals surface area contributed by atoms with Gasteiger partial charge in [-0.1, -0.05) is 29.3 Å². The van der Waals surface area contributed by atoms with Gasteiger partial charge in [0.1, 0.15) is 0 Å².